The lowest BCUT2D eigenvalue weighted by atomic mass is 9.95. The van der Waals surface area contributed by atoms with Crippen molar-refractivity contribution in [3.05, 3.63) is 28.7 Å². The maximum Gasteiger partial charge on any atom is 0.250 e. The van der Waals surface area contributed by atoms with Gasteiger partial charge in [-0.3, -0.25) is 14.5 Å². The Labute approximate surface area is 133 Å². The molecule has 5 heteroatoms. The van der Waals surface area contributed by atoms with E-state index in [4.69, 9.17) is 0 Å². The highest BCUT2D eigenvalue weighted by Gasteiger charge is 2.48. The smallest absolute Gasteiger partial charge is 0.250 e. The molecule has 1 saturated carbocycles. The van der Waals surface area contributed by atoms with Crippen molar-refractivity contribution in [2.45, 2.75) is 38.8 Å². The summed E-state index contributed by atoms with van der Waals surface area (Å²) in [6.07, 6.45) is 2.05. The molecule has 1 aliphatic heterocycles. The second-order valence-corrected chi connectivity index (χ2v) is 7.11. The first-order valence-electron chi connectivity index (χ1n) is 7.38. The summed E-state index contributed by atoms with van der Waals surface area (Å²) in [5.41, 5.74) is 0.794. The number of anilines is 1. The zero-order valence-electron chi connectivity index (χ0n) is 12.2. The molecule has 1 heterocycles. The molecule has 1 aromatic carbocycles. The Balaban J connectivity index is 1.99. The Bertz CT molecular complexity index is 566. The van der Waals surface area contributed by atoms with Gasteiger partial charge in [0, 0.05) is 10.2 Å². The predicted octanol–water partition coefficient (Wildman–Crippen LogP) is 2.72. The maximum absolute atomic E-state index is 12.9. The molecular formula is C16H19BrN2O2. The van der Waals surface area contributed by atoms with Crippen LogP contribution in [-0.2, 0) is 9.59 Å². The molecule has 1 aromatic rings. The minimum atomic E-state index is -0.436. The van der Waals surface area contributed by atoms with Crippen LogP contribution in [0.5, 0.6) is 0 Å². The maximum atomic E-state index is 12.9. The normalized spacial score (nSPS) is 26.2. The molecule has 4 nitrogen and oxygen atoms in total. The summed E-state index contributed by atoms with van der Waals surface area (Å²) in [4.78, 5) is 27.0. The van der Waals surface area contributed by atoms with E-state index in [-0.39, 0.29) is 23.8 Å². The van der Waals surface area contributed by atoms with Gasteiger partial charge < -0.3 is 5.32 Å². The molecule has 2 amide bonds. The van der Waals surface area contributed by atoms with Crippen molar-refractivity contribution in [3.63, 3.8) is 0 Å². The van der Waals surface area contributed by atoms with Gasteiger partial charge >= 0.3 is 0 Å². The van der Waals surface area contributed by atoms with E-state index in [0.717, 1.165) is 23.0 Å². The van der Waals surface area contributed by atoms with E-state index in [1.807, 2.05) is 38.1 Å². The summed E-state index contributed by atoms with van der Waals surface area (Å²) in [5, 5.41) is 2.93. The highest BCUT2D eigenvalue weighted by atomic mass is 79.9. The fraction of sp³-hybridized carbons (Fsp3) is 0.500. The van der Waals surface area contributed by atoms with Crippen LogP contribution in [0.4, 0.5) is 5.69 Å². The van der Waals surface area contributed by atoms with Crippen molar-refractivity contribution in [2.24, 2.45) is 11.8 Å². The van der Waals surface area contributed by atoms with E-state index in [0.29, 0.717) is 5.92 Å². The fourth-order valence-corrected chi connectivity index (χ4v) is 3.21. The van der Waals surface area contributed by atoms with Crippen molar-refractivity contribution < 1.29 is 9.59 Å². The largest absolute Gasteiger partial charge is 0.342 e. The minimum Gasteiger partial charge on any atom is -0.342 e. The van der Waals surface area contributed by atoms with Crippen LogP contribution in [0.1, 0.15) is 26.7 Å². The van der Waals surface area contributed by atoms with Gasteiger partial charge in [0.05, 0.1) is 0 Å². The third kappa shape index (κ3) is 2.71. The van der Waals surface area contributed by atoms with Crippen LogP contribution in [0.2, 0.25) is 0 Å². The quantitative estimate of drug-likeness (QED) is 0.910. The molecule has 0 aromatic heterocycles. The third-order valence-corrected chi connectivity index (χ3v) is 4.71. The Morgan fingerprint density at radius 2 is 1.81 bits per heavy atom. The topological polar surface area (TPSA) is 49.4 Å². The summed E-state index contributed by atoms with van der Waals surface area (Å²) in [6, 6.07) is 6.79. The van der Waals surface area contributed by atoms with Crippen LogP contribution in [0.3, 0.4) is 0 Å². The highest BCUT2D eigenvalue weighted by Crippen LogP contribution is 2.37. The number of nitrogens with one attached hydrogen (secondary N) is 1. The summed E-state index contributed by atoms with van der Waals surface area (Å²) in [6.45, 7) is 3.95. The van der Waals surface area contributed by atoms with Crippen molar-refractivity contribution in [3.8, 4) is 0 Å². The number of hydrogen-bond acceptors (Lipinski definition) is 2. The monoisotopic (exact) mass is 350 g/mol. The molecule has 2 atom stereocenters. The van der Waals surface area contributed by atoms with E-state index >= 15 is 0 Å². The van der Waals surface area contributed by atoms with Gasteiger partial charge in [-0.2, -0.15) is 0 Å². The van der Waals surface area contributed by atoms with Gasteiger partial charge in [0.15, 0.2) is 0 Å². The van der Waals surface area contributed by atoms with Gasteiger partial charge in [-0.1, -0.05) is 29.8 Å². The fourth-order valence-electron chi connectivity index (χ4n) is 2.94. The lowest BCUT2D eigenvalue weighted by molar-refractivity contribution is -0.135. The van der Waals surface area contributed by atoms with Crippen LogP contribution >= 0.6 is 15.9 Å². The Morgan fingerprint density at radius 3 is 2.33 bits per heavy atom. The predicted molar refractivity (Wildman–Crippen MR) is 84.9 cm³/mol. The second kappa shape index (κ2) is 5.44. The molecule has 1 saturated heterocycles. The zero-order chi connectivity index (χ0) is 15.1. The first-order chi connectivity index (χ1) is 9.99. The molecule has 2 fully saturated rings. The Hall–Kier alpha value is -1.36. The average molecular weight is 351 g/mol. The molecule has 0 bridgehead atoms. The van der Waals surface area contributed by atoms with Gasteiger partial charge in [-0.15, -0.1) is 0 Å². The van der Waals surface area contributed by atoms with Gasteiger partial charge in [-0.25, -0.2) is 0 Å². The minimum absolute atomic E-state index is 0.0260. The lowest BCUT2D eigenvalue weighted by Crippen LogP contribution is -2.65. The second-order valence-electron chi connectivity index (χ2n) is 6.20. The number of hydrogen-bond donors (Lipinski definition) is 1. The van der Waals surface area contributed by atoms with Crippen LogP contribution in [0, 0.1) is 11.8 Å². The summed E-state index contributed by atoms with van der Waals surface area (Å²) in [7, 11) is 0. The van der Waals surface area contributed by atoms with Crippen molar-refractivity contribution in [2.75, 3.05) is 4.90 Å². The third-order valence-electron chi connectivity index (χ3n) is 4.18. The molecule has 0 radical (unpaired) electrons. The van der Waals surface area contributed by atoms with Crippen molar-refractivity contribution in [1.82, 2.24) is 5.32 Å². The number of rotatable bonds is 3. The van der Waals surface area contributed by atoms with Gasteiger partial charge in [-0.05, 0) is 48.9 Å². The molecular weight excluding hydrogens is 332 g/mol. The number of carbonyl (C=O) groups excluding carboxylic acids is 2. The van der Waals surface area contributed by atoms with Crippen LogP contribution in [-0.4, -0.2) is 23.9 Å². The summed E-state index contributed by atoms with van der Waals surface area (Å²) >= 11 is 3.40. The zero-order valence-corrected chi connectivity index (χ0v) is 13.8. The Morgan fingerprint density at radius 1 is 1.19 bits per heavy atom. The van der Waals surface area contributed by atoms with Gasteiger partial charge in [0.25, 0.3) is 5.91 Å². The van der Waals surface area contributed by atoms with E-state index in [1.165, 1.54) is 0 Å². The SMILES string of the molecule is CC(C)C1C(=O)NC(C2CC2)C(=O)N1c1ccc(Br)cc1. The molecule has 1 aliphatic carbocycles. The lowest BCUT2D eigenvalue weighted by Gasteiger charge is -2.41. The summed E-state index contributed by atoms with van der Waals surface area (Å²) in [5.74, 6) is 0.368. The van der Waals surface area contributed by atoms with Crippen molar-refractivity contribution in [1.29, 1.82) is 0 Å². The van der Waals surface area contributed by atoms with Crippen LogP contribution < -0.4 is 10.2 Å². The van der Waals surface area contributed by atoms with E-state index < -0.39 is 6.04 Å². The average Bonchev–Trinajstić information content (AvgIpc) is 3.25. The summed E-state index contributed by atoms with van der Waals surface area (Å²) < 4.78 is 0.958. The van der Waals surface area contributed by atoms with Gasteiger partial charge in [0.2, 0.25) is 5.91 Å². The number of piperazine rings is 1. The van der Waals surface area contributed by atoms with Gasteiger partial charge in [0.1, 0.15) is 12.1 Å². The first-order valence-corrected chi connectivity index (χ1v) is 8.17. The van der Waals surface area contributed by atoms with Crippen molar-refractivity contribution >= 4 is 33.4 Å². The Kier molecular flexibility index (Phi) is 3.78. The van der Waals surface area contributed by atoms with E-state index in [2.05, 4.69) is 21.2 Å². The molecule has 112 valence electrons. The molecule has 0 spiro atoms. The standard InChI is InChI=1S/C16H19BrN2O2/c1-9(2)14-15(20)18-13(10-3-4-10)16(21)19(14)12-7-5-11(17)6-8-12/h5-10,13-14H,3-4H2,1-2H3,(H,18,20). The number of benzene rings is 1. The molecule has 1 N–H and O–H groups in total. The number of carbonyl (C=O) groups is 2. The number of amides is 2. The molecule has 2 aliphatic rings. The molecule has 3 rings (SSSR count). The van der Waals surface area contributed by atoms with Crippen LogP contribution in [0.25, 0.3) is 0 Å². The van der Waals surface area contributed by atoms with E-state index in [1.54, 1.807) is 4.90 Å². The first kappa shape index (κ1) is 14.6. The van der Waals surface area contributed by atoms with E-state index in [9.17, 15) is 9.59 Å². The number of halogens is 1. The molecule has 21 heavy (non-hydrogen) atoms. The highest BCUT2D eigenvalue weighted by molar-refractivity contribution is 9.10. The number of nitrogens with zero attached hydrogens (tertiary/aromatic N) is 1. The van der Waals surface area contributed by atoms with Crippen LogP contribution in [0.15, 0.2) is 28.7 Å². The molecule has 2 unspecified atom stereocenters.